The van der Waals surface area contributed by atoms with E-state index >= 15 is 0 Å². The maximum atomic E-state index is 5.24. The number of aromatic nitrogens is 3. The Balaban J connectivity index is 2.09. The maximum absolute atomic E-state index is 5.24. The molecule has 0 bridgehead atoms. The molecule has 2 aromatic heterocycles. The van der Waals surface area contributed by atoms with Crippen molar-refractivity contribution in [3.8, 4) is 5.88 Å². The molecule has 1 aromatic carbocycles. The van der Waals surface area contributed by atoms with Crippen LogP contribution in [0.4, 0.5) is 10.9 Å². The van der Waals surface area contributed by atoms with Crippen molar-refractivity contribution in [3.05, 3.63) is 35.8 Å². The molecule has 18 heavy (non-hydrogen) atoms. The van der Waals surface area contributed by atoms with Crippen molar-refractivity contribution >= 4 is 33.3 Å². The zero-order valence-corrected chi connectivity index (χ0v) is 10.4. The molecule has 0 radical (unpaired) electrons. The van der Waals surface area contributed by atoms with Crippen LogP contribution in [0.1, 0.15) is 0 Å². The summed E-state index contributed by atoms with van der Waals surface area (Å²) >= 11 is 1.50. The SMILES string of the molecule is COc1nc2ccccc2nc1Nc1nccs1. The van der Waals surface area contributed by atoms with Crippen molar-refractivity contribution in [3.63, 3.8) is 0 Å². The Morgan fingerprint density at radius 2 is 1.94 bits per heavy atom. The van der Waals surface area contributed by atoms with Gasteiger partial charge < -0.3 is 10.1 Å². The van der Waals surface area contributed by atoms with Crippen LogP contribution >= 0.6 is 11.3 Å². The zero-order chi connectivity index (χ0) is 12.4. The highest BCUT2D eigenvalue weighted by molar-refractivity contribution is 7.13. The van der Waals surface area contributed by atoms with Gasteiger partial charge in [0.05, 0.1) is 18.1 Å². The average molecular weight is 258 g/mol. The van der Waals surface area contributed by atoms with Crippen molar-refractivity contribution in [1.82, 2.24) is 15.0 Å². The molecule has 6 heteroatoms. The molecule has 0 fully saturated rings. The van der Waals surface area contributed by atoms with E-state index in [1.165, 1.54) is 11.3 Å². The molecule has 0 aliphatic carbocycles. The predicted octanol–water partition coefficient (Wildman–Crippen LogP) is 2.84. The summed E-state index contributed by atoms with van der Waals surface area (Å²) < 4.78 is 5.24. The summed E-state index contributed by atoms with van der Waals surface area (Å²) in [5, 5.41) is 5.76. The molecular formula is C12H10N4OS. The summed E-state index contributed by atoms with van der Waals surface area (Å²) in [4.78, 5) is 13.0. The highest BCUT2D eigenvalue weighted by atomic mass is 32.1. The fourth-order valence-corrected chi connectivity index (χ4v) is 2.12. The van der Waals surface area contributed by atoms with Crippen LogP contribution < -0.4 is 10.1 Å². The second-order valence-corrected chi connectivity index (χ2v) is 4.43. The molecule has 3 aromatic rings. The number of ether oxygens (including phenoxy) is 1. The number of nitrogens with one attached hydrogen (secondary N) is 1. The Morgan fingerprint density at radius 3 is 2.61 bits per heavy atom. The van der Waals surface area contributed by atoms with E-state index in [4.69, 9.17) is 4.74 Å². The first-order chi connectivity index (χ1) is 8.86. The Morgan fingerprint density at radius 1 is 1.17 bits per heavy atom. The first kappa shape index (κ1) is 10.9. The lowest BCUT2D eigenvalue weighted by molar-refractivity contribution is 0.400. The molecule has 0 spiro atoms. The number of methoxy groups -OCH3 is 1. The molecule has 0 aliphatic heterocycles. The highest BCUT2D eigenvalue weighted by Gasteiger charge is 2.10. The van der Waals surface area contributed by atoms with Crippen LogP contribution in [0.2, 0.25) is 0 Å². The van der Waals surface area contributed by atoms with E-state index < -0.39 is 0 Å². The molecule has 90 valence electrons. The van der Waals surface area contributed by atoms with Gasteiger partial charge in [-0.1, -0.05) is 12.1 Å². The van der Waals surface area contributed by atoms with E-state index in [0.29, 0.717) is 11.7 Å². The van der Waals surface area contributed by atoms with Gasteiger partial charge >= 0.3 is 0 Å². The summed E-state index contributed by atoms with van der Waals surface area (Å²) in [7, 11) is 1.58. The van der Waals surface area contributed by atoms with E-state index in [9.17, 15) is 0 Å². The van der Waals surface area contributed by atoms with Crippen LogP contribution in [0.15, 0.2) is 35.8 Å². The molecule has 0 unspecified atom stereocenters. The Hall–Kier alpha value is -2.21. The molecule has 0 saturated carbocycles. The smallest absolute Gasteiger partial charge is 0.258 e. The van der Waals surface area contributed by atoms with Gasteiger partial charge in [-0.05, 0) is 12.1 Å². The van der Waals surface area contributed by atoms with E-state index in [0.717, 1.165) is 16.2 Å². The molecule has 0 aliphatic rings. The maximum Gasteiger partial charge on any atom is 0.258 e. The third kappa shape index (κ3) is 1.98. The van der Waals surface area contributed by atoms with Gasteiger partial charge in [0, 0.05) is 11.6 Å². The monoisotopic (exact) mass is 258 g/mol. The van der Waals surface area contributed by atoms with Crippen LogP contribution in [0, 0.1) is 0 Å². The molecule has 0 saturated heterocycles. The summed E-state index contributed by atoms with van der Waals surface area (Å²) in [5.74, 6) is 1.04. The van der Waals surface area contributed by atoms with Crippen molar-refractivity contribution in [1.29, 1.82) is 0 Å². The molecule has 0 atom stereocenters. The molecule has 5 nitrogen and oxygen atoms in total. The van der Waals surface area contributed by atoms with Gasteiger partial charge in [0.2, 0.25) is 0 Å². The van der Waals surface area contributed by atoms with Crippen LogP contribution in [-0.2, 0) is 0 Å². The first-order valence-corrected chi connectivity index (χ1v) is 6.22. The van der Waals surface area contributed by atoms with Gasteiger partial charge in [0.25, 0.3) is 5.88 Å². The summed E-state index contributed by atoms with van der Waals surface area (Å²) in [6.45, 7) is 0. The van der Waals surface area contributed by atoms with Gasteiger partial charge in [-0.2, -0.15) is 0 Å². The van der Waals surface area contributed by atoms with Crippen molar-refractivity contribution < 1.29 is 4.74 Å². The van der Waals surface area contributed by atoms with Gasteiger partial charge in [0.15, 0.2) is 10.9 Å². The van der Waals surface area contributed by atoms with Crippen molar-refractivity contribution in [2.24, 2.45) is 0 Å². The average Bonchev–Trinajstić information content (AvgIpc) is 2.91. The lowest BCUT2D eigenvalue weighted by atomic mass is 10.3. The quantitative estimate of drug-likeness (QED) is 0.782. The summed E-state index contributed by atoms with van der Waals surface area (Å²) in [5.41, 5.74) is 1.62. The Kier molecular flexibility index (Phi) is 2.77. The van der Waals surface area contributed by atoms with Crippen LogP contribution in [0.3, 0.4) is 0 Å². The largest absolute Gasteiger partial charge is 0.478 e. The summed E-state index contributed by atoms with van der Waals surface area (Å²) in [6.07, 6.45) is 1.73. The van der Waals surface area contributed by atoms with Gasteiger partial charge in [0.1, 0.15) is 0 Å². The second-order valence-electron chi connectivity index (χ2n) is 3.53. The topological polar surface area (TPSA) is 59.9 Å². The molecule has 2 heterocycles. The first-order valence-electron chi connectivity index (χ1n) is 5.34. The number of nitrogens with zero attached hydrogens (tertiary/aromatic N) is 3. The standard InChI is InChI=1S/C12H10N4OS/c1-17-11-10(16-12-13-6-7-18-12)14-8-4-2-3-5-9(8)15-11/h2-7H,1H3,(H,13,14,16). The Bertz CT molecular complexity index is 669. The fourth-order valence-electron chi connectivity index (χ4n) is 1.59. The van der Waals surface area contributed by atoms with Gasteiger partial charge in [-0.25, -0.2) is 15.0 Å². The fraction of sp³-hybridized carbons (Fsp3) is 0.0833. The second kappa shape index (κ2) is 4.58. The van der Waals surface area contributed by atoms with E-state index in [1.54, 1.807) is 13.3 Å². The molecule has 3 rings (SSSR count). The minimum Gasteiger partial charge on any atom is -0.478 e. The minimum atomic E-state index is 0.462. The number of benzene rings is 1. The molecule has 1 N–H and O–H groups in total. The third-order valence-corrected chi connectivity index (χ3v) is 3.08. The predicted molar refractivity (Wildman–Crippen MR) is 71.5 cm³/mol. The molecule has 0 amide bonds. The van der Waals surface area contributed by atoms with E-state index in [1.807, 2.05) is 29.6 Å². The van der Waals surface area contributed by atoms with Gasteiger partial charge in [-0.3, -0.25) is 0 Å². The van der Waals surface area contributed by atoms with Crippen molar-refractivity contribution in [2.45, 2.75) is 0 Å². The number of fused-ring (bicyclic) bond motifs is 1. The zero-order valence-electron chi connectivity index (χ0n) is 9.62. The highest BCUT2D eigenvalue weighted by Crippen LogP contribution is 2.26. The van der Waals surface area contributed by atoms with Crippen LogP contribution in [-0.4, -0.2) is 22.1 Å². The van der Waals surface area contributed by atoms with Crippen LogP contribution in [0.25, 0.3) is 11.0 Å². The number of anilines is 2. The third-order valence-electron chi connectivity index (χ3n) is 2.39. The van der Waals surface area contributed by atoms with E-state index in [2.05, 4.69) is 20.3 Å². The van der Waals surface area contributed by atoms with E-state index in [-0.39, 0.29) is 0 Å². The minimum absolute atomic E-state index is 0.462. The number of thiazole rings is 1. The lowest BCUT2D eigenvalue weighted by Crippen LogP contribution is -2.00. The van der Waals surface area contributed by atoms with Crippen molar-refractivity contribution in [2.75, 3.05) is 12.4 Å². The molecular weight excluding hydrogens is 248 g/mol. The number of hydrogen-bond acceptors (Lipinski definition) is 6. The van der Waals surface area contributed by atoms with Gasteiger partial charge in [-0.15, -0.1) is 11.3 Å². The lowest BCUT2D eigenvalue weighted by Gasteiger charge is -2.08. The number of rotatable bonds is 3. The normalized spacial score (nSPS) is 10.5. The Labute approximate surface area is 107 Å². The number of para-hydroxylation sites is 2. The summed E-state index contributed by atoms with van der Waals surface area (Å²) in [6, 6.07) is 7.66. The number of hydrogen-bond donors (Lipinski definition) is 1. The van der Waals surface area contributed by atoms with Crippen LogP contribution in [0.5, 0.6) is 5.88 Å².